The molecule has 0 spiro atoms. The van der Waals surface area contributed by atoms with E-state index in [2.05, 4.69) is 50.4 Å². The van der Waals surface area contributed by atoms with Gasteiger partial charge in [-0.1, -0.05) is 244 Å². The Kier molecular flexibility index (Phi) is 48.0. The number of ether oxygens (including phenoxy) is 1. The molecule has 0 radical (unpaired) electrons. The van der Waals surface area contributed by atoms with Crippen LogP contribution in [0.25, 0.3) is 0 Å². The third-order valence-electron chi connectivity index (χ3n) is 12.5. The number of nitrogens with one attached hydrogen (secondary N) is 1. The van der Waals surface area contributed by atoms with Crippen molar-refractivity contribution in [1.82, 2.24) is 5.32 Å². The third kappa shape index (κ3) is 44.7. The summed E-state index contributed by atoms with van der Waals surface area (Å²) >= 11 is 0. The van der Waals surface area contributed by atoms with Gasteiger partial charge in [-0.3, -0.25) is 9.59 Å². The number of amides is 1. The zero-order valence-corrected chi connectivity index (χ0v) is 41.1. The highest BCUT2D eigenvalue weighted by Gasteiger charge is 2.24. The molecule has 0 saturated heterocycles. The highest BCUT2D eigenvalue weighted by Crippen LogP contribution is 2.18. The molecule has 0 aromatic rings. The fourth-order valence-corrected chi connectivity index (χ4v) is 8.40. The number of allylic oxidation sites excluding steroid dienone is 4. The molecule has 3 atom stereocenters. The standard InChI is InChI=1S/C55H105NO5/c1-4-7-10-13-16-18-20-22-24-26-27-28-30-32-34-36-39-42-45-48-55(60)61-51(46-43-40-37-15-12-9-6-3)49-54(59)56-52(50-57)53(58)47-44-41-38-35-33-31-29-25-23-21-19-17-14-11-8-5-2/h16,18,22,24,51-53,57-58H,4-15,17,19-21,23,25-50H2,1-3H3,(H,56,59)/b18-16-,24-22-. The Labute approximate surface area is 380 Å². The molecule has 0 aliphatic carbocycles. The van der Waals surface area contributed by atoms with Gasteiger partial charge < -0.3 is 20.3 Å². The summed E-state index contributed by atoms with van der Waals surface area (Å²) in [5.74, 6) is -0.469. The maximum Gasteiger partial charge on any atom is 0.306 e. The van der Waals surface area contributed by atoms with E-state index in [-0.39, 0.29) is 24.9 Å². The van der Waals surface area contributed by atoms with Crippen molar-refractivity contribution in [2.24, 2.45) is 0 Å². The van der Waals surface area contributed by atoms with Gasteiger partial charge in [0.15, 0.2) is 0 Å². The minimum absolute atomic E-state index is 0.0800. The van der Waals surface area contributed by atoms with Crippen LogP contribution in [-0.4, -0.2) is 46.9 Å². The summed E-state index contributed by atoms with van der Waals surface area (Å²) < 4.78 is 5.91. The predicted molar refractivity (Wildman–Crippen MR) is 264 cm³/mol. The number of aliphatic hydroxyl groups excluding tert-OH is 2. The zero-order valence-electron chi connectivity index (χ0n) is 41.1. The summed E-state index contributed by atoms with van der Waals surface area (Å²) in [6.07, 6.45) is 56.8. The molecule has 360 valence electrons. The van der Waals surface area contributed by atoms with Gasteiger partial charge in [0.05, 0.1) is 25.2 Å². The van der Waals surface area contributed by atoms with E-state index in [9.17, 15) is 19.8 Å². The maximum absolute atomic E-state index is 13.2. The van der Waals surface area contributed by atoms with Crippen molar-refractivity contribution in [3.05, 3.63) is 24.3 Å². The molecule has 0 aromatic heterocycles. The number of carbonyl (C=O) groups excluding carboxylic acids is 2. The second kappa shape index (κ2) is 49.4. The molecule has 0 fully saturated rings. The Morgan fingerprint density at radius 3 is 1.28 bits per heavy atom. The summed E-state index contributed by atoms with van der Waals surface area (Å²) in [4.78, 5) is 26.0. The first-order valence-corrected chi connectivity index (χ1v) is 27.1. The summed E-state index contributed by atoms with van der Waals surface area (Å²) in [5, 5.41) is 23.7. The molecule has 0 heterocycles. The number of hydrogen-bond donors (Lipinski definition) is 3. The molecule has 3 N–H and O–H groups in total. The summed E-state index contributed by atoms with van der Waals surface area (Å²) in [5.41, 5.74) is 0. The summed E-state index contributed by atoms with van der Waals surface area (Å²) in [7, 11) is 0. The van der Waals surface area contributed by atoms with Gasteiger partial charge in [-0.25, -0.2) is 0 Å². The lowest BCUT2D eigenvalue weighted by Gasteiger charge is -2.24. The lowest BCUT2D eigenvalue weighted by atomic mass is 10.0. The quantitative estimate of drug-likeness (QED) is 0.0322. The molecular formula is C55H105NO5. The second-order valence-electron chi connectivity index (χ2n) is 18.6. The van der Waals surface area contributed by atoms with Crippen LogP contribution in [-0.2, 0) is 14.3 Å². The Hall–Kier alpha value is -1.66. The average molecular weight is 860 g/mol. The topological polar surface area (TPSA) is 95.9 Å². The van der Waals surface area contributed by atoms with Crippen LogP contribution >= 0.6 is 0 Å². The van der Waals surface area contributed by atoms with Crippen molar-refractivity contribution in [2.45, 2.75) is 309 Å². The van der Waals surface area contributed by atoms with Crippen LogP contribution in [0.3, 0.4) is 0 Å². The molecule has 61 heavy (non-hydrogen) atoms. The molecule has 0 aliphatic rings. The number of esters is 1. The zero-order chi connectivity index (χ0) is 44.5. The van der Waals surface area contributed by atoms with E-state index in [0.29, 0.717) is 19.3 Å². The molecule has 0 aliphatic heterocycles. The van der Waals surface area contributed by atoms with Crippen LogP contribution in [0.2, 0.25) is 0 Å². The van der Waals surface area contributed by atoms with Gasteiger partial charge in [-0.15, -0.1) is 0 Å². The average Bonchev–Trinajstić information content (AvgIpc) is 3.25. The van der Waals surface area contributed by atoms with E-state index in [4.69, 9.17) is 4.74 Å². The normalized spacial score (nSPS) is 13.3. The van der Waals surface area contributed by atoms with Gasteiger partial charge in [0, 0.05) is 6.42 Å². The fourth-order valence-electron chi connectivity index (χ4n) is 8.40. The Balaban J connectivity index is 4.29. The Morgan fingerprint density at radius 1 is 0.475 bits per heavy atom. The van der Waals surface area contributed by atoms with Gasteiger partial charge in [0.2, 0.25) is 5.91 Å². The minimum Gasteiger partial charge on any atom is -0.462 e. The monoisotopic (exact) mass is 860 g/mol. The van der Waals surface area contributed by atoms with Crippen molar-refractivity contribution < 1.29 is 24.5 Å². The van der Waals surface area contributed by atoms with Gasteiger partial charge in [-0.2, -0.15) is 0 Å². The van der Waals surface area contributed by atoms with Crippen molar-refractivity contribution in [3.8, 4) is 0 Å². The molecule has 0 rings (SSSR count). The molecule has 3 unspecified atom stereocenters. The minimum atomic E-state index is -0.783. The second-order valence-corrected chi connectivity index (χ2v) is 18.6. The van der Waals surface area contributed by atoms with E-state index in [0.717, 1.165) is 51.4 Å². The van der Waals surface area contributed by atoms with E-state index in [1.54, 1.807) is 0 Å². The number of hydrogen-bond acceptors (Lipinski definition) is 5. The van der Waals surface area contributed by atoms with Crippen molar-refractivity contribution in [1.29, 1.82) is 0 Å². The molecule has 1 amide bonds. The predicted octanol–water partition coefficient (Wildman–Crippen LogP) is 16.3. The smallest absolute Gasteiger partial charge is 0.306 e. The van der Waals surface area contributed by atoms with Crippen LogP contribution in [0.15, 0.2) is 24.3 Å². The van der Waals surface area contributed by atoms with Crippen molar-refractivity contribution in [3.63, 3.8) is 0 Å². The van der Waals surface area contributed by atoms with Gasteiger partial charge in [0.25, 0.3) is 0 Å². The number of aliphatic hydroxyl groups is 2. The molecule has 6 heteroatoms. The lowest BCUT2D eigenvalue weighted by molar-refractivity contribution is -0.151. The SMILES string of the molecule is CCCCC/C=C\C/C=C\CCCCCCCCCCCC(=O)OC(CCCCCCCCC)CC(=O)NC(CO)C(O)CCCCCCCCCCCCCCCCCC. The van der Waals surface area contributed by atoms with Crippen LogP contribution in [0, 0.1) is 0 Å². The van der Waals surface area contributed by atoms with Crippen LogP contribution in [0.1, 0.15) is 290 Å². The Morgan fingerprint density at radius 2 is 0.836 bits per heavy atom. The van der Waals surface area contributed by atoms with Crippen LogP contribution in [0.4, 0.5) is 0 Å². The molecular weight excluding hydrogens is 755 g/mol. The molecule has 0 saturated carbocycles. The van der Waals surface area contributed by atoms with E-state index in [1.807, 2.05) is 0 Å². The first-order chi connectivity index (χ1) is 30.0. The number of rotatable bonds is 49. The lowest BCUT2D eigenvalue weighted by Crippen LogP contribution is -2.46. The number of carbonyl (C=O) groups is 2. The first-order valence-electron chi connectivity index (χ1n) is 27.1. The fraction of sp³-hybridized carbons (Fsp3) is 0.891. The largest absolute Gasteiger partial charge is 0.462 e. The van der Waals surface area contributed by atoms with Gasteiger partial charge >= 0.3 is 5.97 Å². The Bertz CT molecular complexity index is 966. The van der Waals surface area contributed by atoms with Crippen molar-refractivity contribution in [2.75, 3.05) is 6.61 Å². The van der Waals surface area contributed by atoms with E-state index < -0.39 is 18.2 Å². The molecule has 0 aromatic carbocycles. The first kappa shape index (κ1) is 59.3. The molecule has 0 bridgehead atoms. The highest BCUT2D eigenvalue weighted by atomic mass is 16.5. The highest BCUT2D eigenvalue weighted by molar-refractivity contribution is 5.77. The number of unbranched alkanes of at least 4 members (excludes halogenated alkanes) is 33. The van der Waals surface area contributed by atoms with E-state index >= 15 is 0 Å². The summed E-state index contributed by atoms with van der Waals surface area (Å²) in [6.45, 7) is 6.45. The van der Waals surface area contributed by atoms with Gasteiger partial charge in [-0.05, 0) is 57.8 Å². The van der Waals surface area contributed by atoms with Crippen molar-refractivity contribution >= 4 is 11.9 Å². The van der Waals surface area contributed by atoms with Gasteiger partial charge in [0.1, 0.15) is 6.10 Å². The third-order valence-corrected chi connectivity index (χ3v) is 12.5. The van der Waals surface area contributed by atoms with E-state index in [1.165, 1.54) is 193 Å². The van der Waals surface area contributed by atoms with Crippen LogP contribution in [0.5, 0.6) is 0 Å². The molecule has 6 nitrogen and oxygen atoms in total. The van der Waals surface area contributed by atoms with Crippen LogP contribution < -0.4 is 5.32 Å². The maximum atomic E-state index is 13.2. The summed E-state index contributed by atoms with van der Waals surface area (Å²) in [6, 6.07) is -0.696.